The molecule has 1 unspecified atom stereocenters. The van der Waals surface area contributed by atoms with Gasteiger partial charge in [0, 0.05) is 29.6 Å². The molecule has 0 bridgehead atoms. The Labute approximate surface area is 106 Å². The quantitative estimate of drug-likeness (QED) is 0.838. The highest BCUT2D eigenvalue weighted by Gasteiger charge is 2.27. The Kier molecular flexibility index (Phi) is 3.94. The maximum atomic E-state index is 12.4. The van der Waals surface area contributed by atoms with Gasteiger partial charge in [0.1, 0.15) is 0 Å². The van der Waals surface area contributed by atoms with Gasteiger partial charge in [0.25, 0.3) is 0 Å². The summed E-state index contributed by atoms with van der Waals surface area (Å²) in [5, 5.41) is 0. The van der Waals surface area contributed by atoms with Crippen LogP contribution in [0.4, 0.5) is 11.4 Å². The van der Waals surface area contributed by atoms with Crippen LogP contribution in [0.1, 0.15) is 13.3 Å². The van der Waals surface area contributed by atoms with Gasteiger partial charge in [0.2, 0.25) is 5.91 Å². The average Bonchev–Trinajstić information content (AvgIpc) is 2.83. The van der Waals surface area contributed by atoms with Crippen LogP contribution in [-0.4, -0.2) is 24.0 Å². The summed E-state index contributed by atoms with van der Waals surface area (Å²) in [6, 6.07) is 7.54. The zero-order chi connectivity index (χ0) is 12.3. The second kappa shape index (κ2) is 5.45. The minimum atomic E-state index is 0.182. The van der Waals surface area contributed by atoms with Crippen molar-refractivity contribution in [2.75, 3.05) is 28.7 Å². The number of carbonyl (C=O) groups excluding carboxylic acids is 1. The number of rotatable bonds is 3. The highest BCUT2D eigenvalue weighted by molar-refractivity contribution is 7.99. The van der Waals surface area contributed by atoms with Crippen LogP contribution in [-0.2, 0) is 4.79 Å². The third kappa shape index (κ3) is 2.75. The van der Waals surface area contributed by atoms with Gasteiger partial charge < -0.3 is 10.6 Å². The van der Waals surface area contributed by atoms with Gasteiger partial charge in [0.05, 0.1) is 0 Å². The topological polar surface area (TPSA) is 46.3 Å². The Morgan fingerprint density at radius 3 is 3.00 bits per heavy atom. The highest BCUT2D eigenvalue weighted by atomic mass is 32.2. The number of hydrogen-bond donors (Lipinski definition) is 1. The Bertz CT molecular complexity index is 402. The van der Waals surface area contributed by atoms with Gasteiger partial charge in [-0.15, -0.1) is 0 Å². The minimum absolute atomic E-state index is 0.182. The summed E-state index contributed by atoms with van der Waals surface area (Å²) >= 11 is 1.86. The molecule has 4 heteroatoms. The third-order valence-electron chi connectivity index (χ3n) is 3.04. The summed E-state index contributed by atoms with van der Waals surface area (Å²) in [4.78, 5) is 14.2. The lowest BCUT2D eigenvalue weighted by atomic mass is 10.1. The molecule has 1 aliphatic rings. The van der Waals surface area contributed by atoms with E-state index < -0.39 is 0 Å². The first kappa shape index (κ1) is 12.3. The first-order valence-electron chi connectivity index (χ1n) is 5.97. The van der Waals surface area contributed by atoms with E-state index in [1.807, 2.05) is 47.9 Å². The van der Waals surface area contributed by atoms with Crippen molar-refractivity contribution in [1.29, 1.82) is 0 Å². The third-order valence-corrected chi connectivity index (χ3v) is 4.21. The lowest BCUT2D eigenvalue weighted by Gasteiger charge is -2.24. The summed E-state index contributed by atoms with van der Waals surface area (Å²) < 4.78 is 0. The van der Waals surface area contributed by atoms with Crippen LogP contribution in [0.25, 0.3) is 0 Å². The van der Waals surface area contributed by atoms with Gasteiger partial charge in [0.15, 0.2) is 0 Å². The SMILES string of the molecule is CCN(C(=O)C1CCSC1)c1cccc(N)c1. The molecule has 1 amide bonds. The van der Waals surface area contributed by atoms with E-state index in [9.17, 15) is 4.79 Å². The largest absolute Gasteiger partial charge is 0.399 e. The standard InChI is InChI=1S/C13H18N2OS/c1-2-15(12-5-3-4-11(14)8-12)13(16)10-6-7-17-9-10/h3-5,8,10H,2,6-7,9,14H2,1H3. The summed E-state index contributed by atoms with van der Waals surface area (Å²) in [5.41, 5.74) is 7.38. The fraction of sp³-hybridized carbons (Fsp3) is 0.462. The molecule has 1 atom stereocenters. The lowest BCUT2D eigenvalue weighted by molar-refractivity contribution is -0.121. The lowest BCUT2D eigenvalue weighted by Crippen LogP contribution is -2.36. The average molecular weight is 250 g/mol. The van der Waals surface area contributed by atoms with E-state index in [0.717, 1.165) is 23.6 Å². The van der Waals surface area contributed by atoms with E-state index in [1.54, 1.807) is 0 Å². The number of thioether (sulfide) groups is 1. The normalized spacial score (nSPS) is 19.2. The number of amides is 1. The van der Waals surface area contributed by atoms with Gasteiger partial charge in [-0.1, -0.05) is 6.07 Å². The molecule has 1 aromatic rings. The molecule has 1 saturated heterocycles. The van der Waals surface area contributed by atoms with Crippen molar-refractivity contribution >= 4 is 29.0 Å². The van der Waals surface area contributed by atoms with Gasteiger partial charge in [-0.3, -0.25) is 4.79 Å². The van der Waals surface area contributed by atoms with E-state index in [-0.39, 0.29) is 11.8 Å². The van der Waals surface area contributed by atoms with Gasteiger partial charge in [-0.25, -0.2) is 0 Å². The molecule has 17 heavy (non-hydrogen) atoms. The van der Waals surface area contributed by atoms with Crippen molar-refractivity contribution in [2.45, 2.75) is 13.3 Å². The molecular formula is C13H18N2OS. The van der Waals surface area contributed by atoms with Crippen LogP contribution in [0, 0.1) is 5.92 Å². The predicted octanol–water partition coefficient (Wildman–Crippen LogP) is 2.37. The molecular weight excluding hydrogens is 232 g/mol. The summed E-state index contributed by atoms with van der Waals surface area (Å²) in [5.74, 6) is 2.48. The van der Waals surface area contributed by atoms with E-state index in [0.29, 0.717) is 12.2 Å². The molecule has 2 N–H and O–H groups in total. The minimum Gasteiger partial charge on any atom is -0.399 e. The smallest absolute Gasteiger partial charge is 0.230 e. The van der Waals surface area contributed by atoms with Crippen molar-refractivity contribution in [1.82, 2.24) is 0 Å². The van der Waals surface area contributed by atoms with Crippen LogP contribution in [0.3, 0.4) is 0 Å². The number of nitrogens with two attached hydrogens (primary N) is 1. The fourth-order valence-corrected chi connectivity index (χ4v) is 3.32. The van der Waals surface area contributed by atoms with Crippen molar-refractivity contribution in [3.8, 4) is 0 Å². The maximum Gasteiger partial charge on any atom is 0.230 e. The zero-order valence-corrected chi connectivity index (χ0v) is 10.9. The summed E-state index contributed by atoms with van der Waals surface area (Å²) in [7, 11) is 0. The van der Waals surface area contributed by atoms with Crippen molar-refractivity contribution in [2.24, 2.45) is 5.92 Å². The van der Waals surface area contributed by atoms with Crippen molar-refractivity contribution < 1.29 is 4.79 Å². The highest BCUT2D eigenvalue weighted by Crippen LogP contribution is 2.27. The van der Waals surface area contributed by atoms with Crippen molar-refractivity contribution in [3.63, 3.8) is 0 Å². The summed E-state index contributed by atoms with van der Waals surface area (Å²) in [6.07, 6.45) is 1.00. The van der Waals surface area contributed by atoms with Crippen LogP contribution in [0.5, 0.6) is 0 Å². The van der Waals surface area contributed by atoms with E-state index in [4.69, 9.17) is 5.73 Å². The molecule has 1 aromatic carbocycles. The van der Waals surface area contributed by atoms with Crippen LogP contribution >= 0.6 is 11.8 Å². The Hall–Kier alpha value is -1.16. The first-order valence-corrected chi connectivity index (χ1v) is 7.12. The molecule has 0 spiro atoms. The van der Waals surface area contributed by atoms with Gasteiger partial charge >= 0.3 is 0 Å². The number of anilines is 2. The molecule has 0 saturated carbocycles. The molecule has 1 fully saturated rings. The number of carbonyl (C=O) groups is 1. The summed E-state index contributed by atoms with van der Waals surface area (Å²) in [6.45, 7) is 2.70. The molecule has 0 aromatic heterocycles. The van der Waals surface area contributed by atoms with Crippen LogP contribution in [0.15, 0.2) is 24.3 Å². The molecule has 2 rings (SSSR count). The molecule has 0 radical (unpaired) electrons. The predicted molar refractivity (Wildman–Crippen MR) is 74.3 cm³/mol. The number of nitrogen functional groups attached to an aromatic ring is 1. The second-order valence-corrected chi connectivity index (χ2v) is 5.39. The van der Waals surface area contributed by atoms with E-state index >= 15 is 0 Å². The fourth-order valence-electron chi connectivity index (χ4n) is 2.11. The van der Waals surface area contributed by atoms with Gasteiger partial charge in [-0.05, 0) is 37.3 Å². The molecule has 92 valence electrons. The van der Waals surface area contributed by atoms with E-state index in [1.165, 1.54) is 0 Å². The van der Waals surface area contributed by atoms with Crippen LogP contribution in [0.2, 0.25) is 0 Å². The first-order chi connectivity index (χ1) is 8.22. The molecule has 1 heterocycles. The monoisotopic (exact) mass is 250 g/mol. The van der Waals surface area contributed by atoms with E-state index in [2.05, 4.69) is 0 Å². The molecule has 3 nitrogen and oxygen atoms in total. The molecule has 0 aliphatic carbocycles. The second-order valence-electron chi connectivity index (χ2n) is 4.24. The molecule has 1 aliphatic heterocycles. The number of nitrogens with zero attached hydrogens (tertiary/aromatic N) is 1. The van der Waals surface area contributed by atoms with Crippen LogP contribution < -0.4 is 10.6 Å². The van der Waals surface area contributed by atoms with Gasteiger partial charge in [-0.2, -0.15) is 11.8 Å². The Morgan fingerprint density at radius 1 is 1.59 bits per heavy atom. The number of hydrogen-bond acceptors (Lipinski definition) is 3. The maximum absolute atomic E-state index is 12.4. The Balaban J connectivity index is 2.17. The number of benzene rings is 1. The Morgan fingerprint density at radius 2 is 2.41 bits per heavy atom. The zero-order valence-electron chi connectivity index (χ0n) is 10.1. The van der Waals surface area contributed by atoms with Crippen molar-refractivity contribution in [3.05, 3.63) is 24.3 Å².